The standard InChI is InChI=1S/C18H15BrN2/c1-2-3-4-9-18(20)21-16-8-6-5-7-14(16)15-11-10-13(19)12-17(15)21/h2-12H,1,20H2/b4-3-,18-9+. The highest BCUT2D eigenvalue weighted by atomic mass is 79.9. The SMILES string of the molecule is C=C/C=C\C=C(/N)n1c2ccccc2c2ccc(Br)cc21. The van der Waals surface area contributed by atoms with Crippen LogP contribution in [0.5, 0.6) is 0 Å². The maximum atomic E-state index is 6.29. The van der Waals surface area contributed by atoms with Crippen LogP contribution in [-0.4, -0.2) is 4.57 Å². The molecule has 0 bridgehead atoms. The predicted molar refractivity (Wildman–Crippen MR) is 94.9 cm³/mol. The summed E-state index contributed by atoms with van der Waals surface area (Å²) in [6.07, 6.45) is 7.36. The molecule has 21 heavy (non-hydrogen) atoms. The van der Waals surface area contributed by atoms with Gasteiger partial charge in [0, 0.05) is 15.2 Å². The van der Waals surface area contributed by atoms with Gasteiger partial charge in [0.1, 0.15) is 5.82 Å². The summed E-state index contributed by atoms with van der Waals surface area (Å²) >= 11 is 3.54. The van der Waals surface area contributed by atoms with Crippen LogP contribution in [-0.2, 0) is 0 Å². The third kappa shape index (κ3) is 2.41. The first-order valence-electron chi connectivity index (χ1n) is 6.66. The fourth-order valence-corrected chi connectivity index (χ4v) is 2.88. The van der Waals surface area contributed by atoms with Crippen LogP contribution in [0.25, 0.3) is 27.6 Å². The van der Waals surface area contributed by atoms with Gasteiger partial charge in [-0.3, -0.25) is 4.57 Å². The quantitative estimate of drug-likeness (QED) is 0.665. The van der Waals surface area contributed by atoms with E-state index in [4.69, 9.17) is 5.73 Å². The summed E-state index contributed by atoms with van der Waals surface area (Å²) in [7, 11) is 0. The van der Waals surface area contributed by atoms with Crippen molar-refractivity contribution in [3.05, 3.63) is 77.8 Å². The number of halogens is 1. The zero-order chi connectivity index (χ0) is 14.8. The topological polar surface area (TPSA) is 30.9 Å². The first-order valence-corrected chi connectivity index (χ1v) is 7.45. The Morgan fingerprint density at radius 1 is 1.05 bits per heavy atom. The molecule has 3 aromatic rings. The number of hydrogen-bond acceptors (Lipinski definition) is 1. The first-order chi connectivity index (χ1) is 10.2. The van der Waals surface area contributed by atoms with Gasteiger partial charge in [-0.25, -0.2) is 0 Å². The molecule has 0 saturated carbocycles. The van der Waals surface area contributed by atoms with Crippen molar-refractivity contribution in [3.63, 3.8) is 0 Å². The molecule has 2 aromatic carbocycles. The lowest BCUT2D eigenvalue weighted by molar-refractivity contribution is 1.18. The molecule has 2 N–H and O–H groups in total. The Balaban J connectivity index is 2.37. The van der Waals surface area contributed by atoms with Crippen LogP contribution in [0.4, 0.5) is 0 Å². The number of allylic oxidation sites excluding steroid dienone is 4. The van der Waals surface area contributed by atoms with Gasteiger partial charge in [0.2, 0.25) is 0 Å². The van der Waals surface area contributed by atoms with Gasteiger partial charge < -0.3 is 5.73 Å². The van der Waals surface area contributed by atoms with Crippen LogP contribution in [0.3, 0.4) is 0 Å². The molecule has 2 nitrogen and oxygen atoms in total. The van der Waals surface area contributed by atoms with E-state index in [2.05, 4.69) is 57.4 Å². The maximum absolute atomic E-state index is 6.29. The highest BCUT2D eigenvalue weighted by Crippen LogP contribution is 2.32. The molecule has 3 rings (SSSR count). The second-order valence-electron chi connectivity index (χ2n) is 4.73. The van der Waals surface area contributed by atoms with E-state index in [1.165, 1.54) is 10.8 Å². The minimum Gasteiger partial charge on any atom is -0.385 e. The van der Waals surface area contributed by atoms with E-state index in [9.17, 15) is 0 Å². The highest BCUT2D eigenvalue weighted by Gasteiger charge is 2.11. The number of fused-ring (bicyclic) bond motifs is 3. The van der Waals surface area contributed by atoms with Crippen molar-refractivity contribution in [2.24, 2.45) is 5.73 Å². The van der Waals surface area contributed by atoms with E-state index in [0.29, 0.717) is 5.82 Å². The number of aromatic nitrogens is 1. The molecular weight excluding hydrogens is 324 g/mol. The average molecular weight is 339 g/mol. The van der Waals surface area contributed by atoms with Gasteiger partial charge in [-0.15, -0.1) is 0 Å². The summed E-state index contributed by atoms with van der Waals surface area (Å²) in [4.78, 5) is 0. The average Bonchev–Trinajstić information content (AvgIpc) is 2.80. The van der Waals surface area contributed by atoms with E-state index in [1.54, 1.807) is 6.08 Å². The fraction of sp³-hybridized carbons (Fsp3) is 0. The molecular formula is C18H15BrN2. The lowest BCUT2D eigenvalue weighted by Crippen LogP contribution is -2.05. The van der Waals surface area contributed by atoms with Crippen LogP contribution < -0.4 is 5.73 Å². The molecule has 1 aromatic heterocycles. The summed E-state index contributed by atoms with van der Waals surface area (Å²) in [6.45, 7) is 3.66. The molecule has 0 saturated heterocycles. The number of nitrogens with two attached hydrogens (primary N) is 1. The van der Waals surface area contributed by atoms with Crippen molar-refractivity contribution in [2.45, 2.75) is 0 Å². The molecule has 0 fully saturated rings. The number of para-hydroxylation sites is 1. The Hall–Kier alpha value is -2.26. The zero-order valence-corrected chi connectivity index (χ0v) is 13.0. The molecule has 0 unspecified atom stereocenters. The normalized spacial score (nSPS) is 12.5. The van der Waals surface area contributed by atoms with Gasteiger partial charge in [0.25, 0.3) is 0 Å². The van der Waals surface area contributed by atoms with Crippen molar-refractivity contribution < 1.29 is 0 Å². The first kappa shape index (κ1) is 13.7. The lowest BCUT2D eigenvalue weighted by Gasteiger charge is -2.07. The van der Waals surface area contributed by atoms with Crippen LogP contribution in [0.1, 0.15) is 0 Å². The smallest absolute Gasteiger partial charge is 0.108 e. The molecule has 0 spiro atoms. The molecule has 0 aliphatic carbocycles. The molecule has 1 heterocycles. The van der Waals surface area contributed by atoms with Gasteiger partial charge in [-0.2, -0.15) is 0 Å². The summed E-state index contributed by atoms with van der Waals surface area (Å²) in [5.74, 6) is 0.678. The van der Waals surface area contributed by atoms with E-state index < -0.39 is 0 Å². The molecule has 3 heteroatoms. The monoisotopic (exact) mass is 338 g/mol. The number of nitrogens with zero attached hydrogens (tertiary/aromatic N) is 1. The van der Waals surface area contributed by atoms with E-state index in [-0.39, 0.29) is 0 Å². The van der Waals surface area contributed by atoms with Gasteiger partial charge >= 0.3 is 0 Å². The number of benzene rings is 2. The van der Waals surface area contributed by atoms with Gasteiger partial charge in [-0.1, -0.05) is 65.0 Å². The van der Waals surface area contributed by atoms with E-state index in [0.717, 1.165) is 15.5 Å². The van der Waals surface area contributed by atoms with Crippen LogP contribution in [0.15, 0.2) is 77.8 Å². The molecule has 104 valence electrons. The Morgan fingerprint density at radius 3 is 2.62 bits per heavy atom. The van der Waals surface area contributed by atoms with E-state index in [1.807, 2.05) is 30.4 Å². The van der Waals surface area contributed by atoms with Crippen LogP contribution >= 0.6 is 15.9 Å². The van der Waals surface area contributed by atoms with Crippen molar-refractivity contribution in [1.29, 1.82) is 0 Å². The maximum Gasteiger partial charge on any atom is 0.108 e. The molecule has 0 aliphatic heterocycles. The van der Waals surface area contributed by atoms with Gasteiger partial charge in [-0.05, 0) is 24.3 Å². The molecule has 0 aliphatic rings. The van der Waals surface area contributed by atoms with Crippen molar-refractivity contribution in [2.75, 3.05) is 0 Å². The fourth-order valence-electron chi connectivity index (χ4n) is 2.53. The third-order valence-electron chi connectivity index (χ3n) is 3.41. The summed E-state index contributed by atoms with van der Waals surface area (Å²) in [5, 5.41) is 2.39. The minimum absolute atomic E-state index is 0.678. The van der Waals surface area contributed by atoms with Gasteiger partial charge in [0.05, 0.1) is 11.0 Å². The van der Waals surface area contributed by atoms with Crippen molar-refractivity contribution in [1.82, 2.24) is 4.57 Å². The third-order valence-corrected chi connectivity index (χ3v) is 3.90. The van der Waals surface area contributed by atoms with Crippen molar-refractivity contribution in [3.8, 4) is 0 Å². The van der Waals surface area contributed by atoms with Crippen molar-refractivity contribution >= 4 is 43.6 Å². The minimum atomic E-state index is 0.678. The largest absolute Gasteiger partial charge is 0.385 e. The highest BCUT2D eigenvalue weighted by molar-refractivity contribution is 9.10. The zero-order valence-electron chi connectivity index (χ0n) is 11.5. The Labute approximate surface area is 132 Å². The molecule has 0 atom stereocenters. The second-order valence-corrected chi connectivity index (χ2v) is 5.64. The van der Waals surface area contributed by atoms with Crippen LogP contribution in [0.2, 0.25) is 0 Å². The Bertz CT molecular complexity index is 885. The summed E-state index contributed by atoms with van der Waals surface area (Å²) in [5.41, 5.74) is 8.48. The molecule has 0 radical (unpaired) electrons. The van der Waals surface area contributed by atoms with Crippen LogP contribution in [0, 0.1) is 0 Å². The van der Waals surface area contributed by atoms with Gasteiger partial charge in [0.15, 0.2) is 0 Å². The number of hydrogen-bond donors (Lipinski definition) is 1. The molecule has 0 amide bonds. The Kier molecular flexibility index (Phi) is 3.67. The van der Waals surface area contributed by atoms with E-state index >= 15 is 0 Å². The Morgan fingerprint density at radius 2 is 1.81 bits per heavy atom. The lowest BCUT2D eigenvalue weighted by atomic mass is 10.2. The summed E-state index contributed by atoms with van der Waals surface area (Å²) in [6, 6.07) is 14.5. The predicted octanol–water partition coefficient (Wildman–Crippen LogP) is 5.06. The number of rotatable bonds is 3. The second kappa shape index (κ2) is 5.62. The summed E-state index contributed by atoms with van der Waals surface area (Å²) < 4.78 is 3.11.